The summed E-state index contributed by atoms with van der Waals surface area (Å²) < 4.78 is 5.40. The van der Waals surface area contributed by atoms with E-state index in [0.717, 1.165) is 94.1 Å². The molecular weight excluding hydrogens is 661 g/mol. The number of primary amides is 1. The maximum atomic E-state index is 12.2. The highest BCUT2D eigenvalue weighted by atomic mass is 32.1. The zero-order valence-corrected chi connectivity index (χ0v) is 29.5. The van der Waals surface area contributed by atoms with E-state index >= 15 is 0 Å². The van der Waals surface area contributed by atoms with Crippen LogP contribution in [0.25, 0.3) is 22.4 Å². The van der Waals surface area contributed by atoms with Crippen LogP contribution in [-0.2, 0) is 9.53 Å². The number of rotatable bonds is 11. The van der Waals surface area contributed by atoms with E-state index in [1.54, 1.807) is 40.9 Å². The molecule has 0 radical (unpaired) electrons. The Labute approximate surface area is 301 Å². The molecule has 1 atom stereocenters. The third-order valence-electron chi connectivity index (χ3n) is 8.62. The van der Waals surface area contributed by atoms with Crippen LogP contribution < -0.4 is 22.2 Å². The lowest BCUT2D eigenvalue weighted by Crippen LogP contribution is -2.38. The van der Waals surface area contributed by atoms with Crippen LogP contribution in [0.3, 0.4) is 0 Å². The van der Waals surface area contributed by atoms with Gasteiger partial charge >= 0.3 is 0 Å². The van der Waals surface area contributed by atoms with Crippen molar-refractivity contribution in [1.29, 1.82) is 0 Å². The molecule has 7 rings (SSSR count). The Hall–Kier alpha value is -5.63. The molecule has 4 aromatic heterocycles. The van der Waals surface area contributed by atoms with E-state index in [9.17, 15) is 4.79 Å². The van der Waals surface area contributed by atoms with E-state index in [2.05, 4.69) is 35.7 Å². The van der Waals surface area contributed by atoms with Gasteiger partial charge in [0.1, 0.15) is 0 Å². The normalized spacial score (nSPS) is 13.5. The maximum absolute atomic E-state index is 12.2. The van der Waals surface area contributed by atoms with E-state index in [4.69, 9.17) is 16.2 Å². The fourth-order valence-corrected chi connectivity index (χ4v) is 6.38. The Kier molecular flexibility index (Phi) is 11.6. The maximum Gasteiger partial charge on any atom is 0.225 e. The largest absolute Gasteiger partial charge is 0.399 e. The highest BCUT2D eigenvalue weighted by molar-refractivity contribution is 7.14. The van der Waals surface area contributed by atoms with Crippen molar-refractivity contribution >= 4 is 39.4 Å². The van der Waals surface area contributed by atoms with Gasteiger partial charge in [0, 0.05) is 71.3 Å². The second kappa shape index (κ2) is 16.9. The van der Waals surface area contributed by atoms with Gasteiger partial charge in [-0.25, -0.2) is 4.98 Å². The summed E-state index contributed by atoms with van der Waals surface area (Å²) in [6.45, 7) is 8.15. The van der Waals surface area contributed by atoms with Crippen molar-refractivity contribution < 1.29 is 9.53 Å². The number of amides is 1. The van der Waals surface area contributed by atoms with Crippen molar-refractivity contribution in [2.75, 3.05) is 49.3 Å². The van der Waals surface area contributed by atoms with Gasteiger partial charge in [-0.15, -0.1) is 11.3 Å². The van der Waals surface area contributed by atoms with Crippen molar-refractivity contribution in [1.82, 2.24) is 29.7 Å². The van der Waals surface area contributed by atoms with Gasteiger partial charge in [0.15, 0.2) is 5.13 Å². The van der Waals surface area contributed by atoms with Crippen molar-refractivity contribution in [3.05, 3.63) is 120 Å². The van der Waals surface area contributed by atoms with Gasteiger partial charge in [0.25, 0.3) is 0 Å². The van der Waals surface area contributed by atoms with Crippen LogP contribution in [0.5, 0.6) is 0 Å². The third-order valence-corrected chi connectivity index (χ3v) is 9.38. The van der Waals surface area contributed by atoms with Crippen molar-refractivity contribution in [2.45, 2.75) is 26.2 Å². The van der Waals surface area contributed by atoms with Gasteiger partial charge < -0.3 is 21.5 Å². The summed E-state index contributed by atoms with van der Waals surface area (Å²) in [6.07, 6.45) is 11.5. The van der Waals surface area contributed by atoms with Gasteiger partial charge in [0.2, 0.25) is 5.91 Å². The summed E-state index contributed by atoms with van der Waals surface area (Å²) in [5, 5.41) is 10.6. The molecule has 6 aromatic rings. The van der Waals surface area contributed by atoms with Gasteiger partial charge in [-0.2, -0.15) is 9.89 Å². The minimum absolute atomic E-state index is 0.305. The molecule has 1 saturated heterocycles. The van der Waals surface area contributed by atoms with Crippen molar-refractivity contribution in [2.24, 2.45) is 5.73 Å². The number of benzene rings is 2. The number of aryl methyl sites for hydroxylation is 2. The number of anilines is 4. The van der Waals surface area contributed by atoms with Gasteiger partial charge in [-0.3, -0.25) is 25.1 Å². The monoisotopic (exact) mass is 702 g/mol. The number of thiazole rings is 1. The third kappa shape index (κ3) is 9.54. The summed E-state index contributed by atoms with van der Waals surface area (Å²) in [6, 6.07) is 19.6. The molecule has 1 amide bonds. The number of pyridine rings is 2. The molecule has 0 spiro atoms. The van der Waals surface area contributed by atoms with Crippen LogP contribution in [0.15, 0.2) is 103 Å². The summed E-state index contributed by atoms with van der Waals surface area (Å²) in [5.74, 6) is -0.645. The first-order valence-electron chi connectivity index (χ1n) is 16.7. The van der Waals surface area contributed by atoms with Gasteiger partial charge in [0.05, 0.1) is 42.9 Å². The van der Waals surface area contributed by atoms with Crippen LogP contribution in [0.1, 0.15) is 29.0 Å². The molecule has 262 valence electrons. The Morgan fingerprint density at radius 2 is 1.65 bits per heavy atom. The molecular formula is C38H42N10O2S. The first-order valence-corrected chi connectivity index (χ1v) is 17.6. The molecule has 1 fully saturated rings. The Morgan fingerprint density at radius 3 is 2.37 bits per heavy atom. The fourth-order valence-electron chi connectivity index (χ4n) is 5.64. The van der Waals surface area contributed by atoms with E-state index in [0.29, 0.717) is 6.42 Å². The predicted molar refractivity (Wildman–Crippen MR) is 204 cm³/mol. The number of carbonyl (C=O) groups excluding carboxylic acids is 1. The summed E-state index contributed by atoms with van der Waals surface area (Å²) in [7, 11) is 0. The summed E-state index contributed by atoms with van der Waals surface area (Å²) in [4.78, 5) is 29.0. The molecule has 2 aromatic carbocycles. The number of nitrogens with zero attached hydrogens (tertiary/aromatic N) is 6. The zero-order valence-electron chi connectivity index (χ0n) is 28.7. The average Bonchev–Trinajstić information content (AvgIpc) is 3.83. The topological polar surface area (TPSA) is 162 Å². The average molecular weight is 703 g/mol. The lowest BCUT2D eigenvalue weighted by molar-refractivity contribution is -0.119. The minimum Gasteiger partial charge on any atom is -0.399 e. The smallest absolute Gasteiger partial charge is 0.225 e. The summed E-state index contributed by atoms with van der Waals surface area (Å²) >= 11 is 1.56. The second-order valence-electron chi connectivity index (χ2n) is 12.3. The molecule has 13 heteroatoms. The highest BCUT2D eigenvalue weighted by Gasteiger charge is 2.21. The van der Waals surface area contributed by atoms with Gasteiger partial charge in [-0.05, 0) is 79.9 Å². The van der Waals surface area contributed by atoms with E-state index < -0.39 is 0 Å². The van der Waals surface area contributed by atoms with E-state index in [1.165, 1.54) is 0 Å². The molecule has 6 N–H and O–H groups in total. The second-order valence-corrected chi connectivity index (χ2v) is 13.1. The molecule has 5 heterocycles. The first kappa shape index (κ1) is 35.2. The molecule has 0 bridgehead atoms. The molecule has 51 heavy (non-hydrogen) atoms. The molecule has 0 saturated carbocycles. The Bertz CT molecular complexity index is 2030. The SMILES string of the molecule is Cc1ccc(C(CCN2CCOCC2)C(N)=O)cc1Nn1cc(-c2cccnc2)cn1.Cc1ccc(N)cc1Nc1nc(-c2cccnc2)cs1. The number of aromatic nitrogens is 5. The number of morpholine rings is 1. The number of nitrogen functional groups attached to an aromatic ring is 1. The molecule has 1 aliphatic heterocycles. The number of nitrogens with two attached hydrogens (primary N) is 2. The molecule has 1 aliphatic rings. The standard InChI is InChI=1S/C23H28N6O2.C15H14N4S/c1-17-4-5-18(21(23(24)30)6-8-28-9-11-31-12-10-28)13-22(17)27-29-16-20(15-26-29)19-3-2-7-25-14-19;1-10-4-5-12(16)7-13(10)18-15-19-14(9-20-15)11-3-2-6-17-8-11/h2-5,7,13-16,21,27H,6,8-12H2,1H3,(H2,24,30);2-9H,16H2,1H3,(H,18,19). The fraction of sp³-hybridized carbons (Fsp3) is 0.237. The van der Waals surface area contributed by atoms with Crippen LogP contribution in [-0.4, -0.2) is 68.5 Å². The lowest BCUT2D eigenvalue weighted by atomic mass is 9.93. The zero-order chi connectivity index (χ0) is 35.6. The molecule has 1 unspecified atom stereocenters. The van der Waals surface area contributed by atoms with E-state index in [1.807, 2.05) is 92.3 Å². The van der Waals surface area contributed by atoms with E-state index in [-0.39, 0.29) is 11.8 Å². The van der Waals surface area contributed by atoms with Crippen LogP contribution in [0, 0.1) is 13.8 Å². The predicted octanol–water partition coefficient (Wildman–Crippen LogP) is 6.26. The van der Waals surface area contributed by atoms with Crippen LogP contribution in [0.4, 0.5) is 22.2 Å². The summed E-state index contributed by atoms with van der Waals surface area (Å²) in [5.41, 5.74) is 24.5. The Balaban J connectivity index is 0.000000193. The van der Waals surface area contributed by atoms with Crippen molar-refractivity contribution in [3.63, 3.8) is 0 Å². The number of hydrogen-bond acceptors (Lipinski definition) is 11. The Morgan fingerprint density at radius 1 is 0.922 bits per heavy atom. The lowest BCUT2D eigenvalue weighted by Gasteiger charge is -2.28. The highest BCUT2D eigenvalue weighted by Crippen LogP contribution is 2.29. The minimum atomic E-state index is -0.340. The number of hydrogen-bond donors (Lipinski definition) is 4. The quantitative estimate of drug-likeness (QED) is 0.113. The van der Waals surface area contributed by atoms with Crippen LogP contribution >= 0.6 is 11.3 Å². The van der Waals surface area contributed by atoms with Crippen LogP contribution in [0.2, 0.25) is 0 Å². The number of ether oxygens (including phenoxy) is 1. The van der Waals surface area contributed by atoms with Crippen molar-refractivity contribution in [3.8, 4) is 22.4 Å². The number of carbonyl (C=O) groups is 1. The molecule has 12 nitrogen and oxygen atoms in total. The first-order chi connectivity index (χ1) is 24.8. The van der Waals surface area contributed by atoms with Gasteiger partial charge in [-0.1, -0.05) is 24.3 Å². The molecule has 0 aliphatic carbocycles. The number of nitrogens with one attached hydrogen (secondary N) is 2.